The predicted octanol–water partition coefficient (Wildman–Crippen LogP) is 3.12. The average Bonchev–Trinajstić information content (AvgIpc) is 3.17. The minimum atomic E-state index is -0.338. The molecular weight excluding hydrogens is 298 g/mol. The summed E-state index contributed by atoms with van der Waals surface area (Å²) in [5, 5.41) is 16.6. The zero-order chi connectivity index (χ0) is 15.1. The van der Waals surface area contributed by atoms with Crippen molar-refractivity contribution < 1.29 is 5.11 Å². The van der Waals surface area contributed by atoms with Crippen LogP contribution in [0.25, 0.3) is 27.2 Å². The van der Waals surface area contributed by atoms with Crippen molar-refractivity contribution in [2.45, 2.75) is 0 Å². The maximum absolute atomic E-state index is 12.4. The third-order valence-corrected chi connectivity index (χ3v) is 4.40. The maximum Gasteiger partial charge on any atom is 0.262 e. The van der Waals surface area contributed by atoms with Gasteiger partial charge >= 0.3 is 0 Å². The van der Waals surface area contributed by atoms with Crippen LogP contribution >= 0.6 is 11.3 Å². The first-order valence-corrected chi connectivity index (χ1v) is 7.56. The number of aromatic nitrogens is 3. The first kappa shape index (κ1) is 12.8. The van der Waals surface area contributed by atoms with Crippen LogP contribution in [-0.2, 0) is 0 Å². The highest BCUT2D eigenvalue weighted by atomic mass is 32.1. The number of H-pyrrole nitrogens is 1. The molecule has 4 aromatic rings. The number of nitrogens with one attached hydrogen (secondary N) is 1. The Balaban J connectivity index is 2.02. The van der Waals surface area contributed by atoms with E-state index in [4.69, 9.17) is 0 Å². The van der Waals surface area contributed by atoms with E-state index in [2.05, 4.69) is 10.1 Å². The van der Waals surface area contributed by atoms with Crippen molar-refractivity contribution >= 4 is 17.0 Å². The first-order valence-electron chi connectivity index (χ1n) is 6.68. The molecule has 5 nitrogen and oxygen atoms in total. The molecule has 0 unspecified atom stereocenters. The van der Waals surface area contributed by atoms with E-state index < -0.39 is 0 Å². The molecule has 0 bridgehead atoms. The molecule has 1 aromatic carbocycles. The summed E-state index contributed by atoms with van der Waals surface area (Å²) in [5.41, 5.74) is 1.81. The first-order chi connectivity index (χ1) is 10.8. The van der Waals surface area contributed by atoms with Crippen molar-refractivity contribution in [3.05, 3.63) is 64.4 Å². The summed E-state index contributed by atoms with van der Waals surface area (Å²) in [6, 6.07) is 12.9. The molecule has 0 aliphatic carbocycles. The van der Waals surface area contributed by atoms with E-state index in [-0.39, 0.29) is 17.0 Å². The molecule has 2 N–H and O–H groups in total. The highest BCUT2D eigenvalue weighted by Crippen LogP contribution is 2.31. The van der Waals surface area contributed by atoms with Gasteiger partial charge in [0.2, 0.25) is 5.88 Å². The second kappa shape index (κ2) is 4.85. The molecule has 0 amide bonds. The lowest BCUT2D eigenvalue weighted by atomic mass is 10.1. The van der Waals surface area contributed by atoms with Gasteiger partial charge in [-0.2, -0.15) is 9.61 Å². The zero-order valence-electron chi connectivity index (χ0n) is 11.4. The van der Waals surface area contributed by atoms with E-state index in [1.165, 1.54) is 4.52 Å². The summed E-state index contributed by atoms with van der Waals surface area (Å²) in [6.45, 7) is 0. The van der Waals surface area contributed by atoms with Gasteiger partial charge in [-0.3, -0.25) is 4.79 Å². The second-order valence-electron chi connectivity index (χ2n) is 4.81. The van der Waals surface area contributed by atoms with E-state index in [0.29, 0.717) is 11.2 Å². The van der Waals surface area contributed by atoms with Gasteiger partial charge in [0.1, 0.15) is 11.2 Å². The minimum absolute atomic E-state index is 0.159. The smallest absolute Gasteiger partial charge is 0.262 e. The summed E-state index contributed by atoms with van der Waals surface area (Å²) in [5.74, 6) is -0.159. The normalized spacial score (nSPS) is 11.1. The summed E-state index contributed by atoms with van der Waals surface area (Å²) in [4.78, 5) is 16.2. The van der Waals surface area contributed by atoms with E-state index in [0.717, 1.165) is 10.4 Å². The van der Waals surface area contributed by atoms with Crippen molar-refractivity contribution in [2.75, 3.05) is 0 Å². The van der Waals surface area contributed by atoms with Gasteiger partial charge in [-0.25, -0.2) is 0 Å². The standard InChI is InChI=1S/C16H11N3O2S/c20-15-13(10-5-2-1-3-6-10)16(21)19-14(18-15)11(9-17-19)12-7-4-8-22-12/h1-9,21H,(H,18,20). The van der Waals surface area contributed by atoms with Crippen molar-refractivity contribution in [1.29, 1.82) is 0 Å². The molecular formula is C16H11N3O2S. The summed E-state index contributed by atoms with van der Waals surface area (Å²) in [7, 11) is 0. The van der Waals surface area contributed by atoms with Gasteiger partial charge in [0, 0.05) is 4.88 Å². The Morgan fingerprint density at radius 3 is 2.68 bits per heavy atom. The number of aromatic amines is 1. The lowest BCUT2D eigenvalue weighted by Crippen LogP contribution is -2.12. The Morgan fingerprint density at radius 2 is 1.95 bits per heavy atom. The minimum Gasteiger partial charge on any atom is -0.493 e. The Bertz CT molecular complexity index is 1000. The molecule has 0 radical (unpaired) electrons. The van der Waals surface area contributed by atoms with Crippen molar-refractivity contribution in [2.24, 2.45) is 0 Å². The molecule has 108 valence electrons. The van der Waals surface area contributed by atoms with Crippen molar-refractivity contribution in [3.8, 4) is 27.4 Å². The quantitative estimate of drug-likeness (QED) is 0.597. The predicted molar refractivity (Wildman–Crippen MR) is 86.2 cm³/mol. The topological polar surface area (TPSA) is 70.4 Å². The van der Waals surface area contributed by atoms with Gasteiger partial charge < -0.3 is 10.1 Å². The molecule has 22 heavy (non-hydrogen) atoms. The number of benzene rings is 1. The second-order valence-corrected chi connectivity index (χ2v) is 5.76. The van der Waals surface area contributed by atoms with Gasteiger partial charge in [0.25, 0.3) is 5.56 Å². The van der Waals surface area contributed by atoms with Gasteiger partial charge in [-0.05, 0) is 17.0 Å². The Kier molecular flexibility index (Phi) is 2.83. The van der Waals surface area contributed by atoms with E-state index in [9.17, 15) is 9.90 Å². The molecule has 0 spiro atoms. The maximum atomic E-state index is 12.4. The molecule has 3 aromatic heterocycles. The highest BCUT2D eigenvalue weighted by Gasteiger charge is 2.17. The summed E-state index contributed by atoms with van der Waals surface area (Å²) in [6.07, 6.45) is 1.64. The number of thiophene rings is 1. The molecule has 0 fully saturated rings. The average molecular weight is 309 g/mol. The van der Waals surface area contributed by atoms with Crippen LogP contribution in [0, 0.1) is 0 Å². The lowest BCUT2D eigenvalue weighted by molar-refractivity contribution is 0.437. The summed E-state index contributed by atoms with van der Waals surface area (Å²) >= 11 is 1.55. The number of fused-ring (bicyclic) bond motifs is 1. The molecule has 6 heteroatoms. The fourth-order valence-corrected chi connectivity index (χ4v) is 3.22. The van der Waals surface area contributed by atoms with Gasteiger partial charge in [0.15, 0.2) is 0 Å². The molecule has 0 saturated carbocycles. The van der Waals surface area contributed by atoms with E-state index in [1.54, 1.807) is 29.7 Å². The van der Waals surface area contributed by atoms with Crippen LogP contribution in [0.4, 0.5) is 0 Å². The SMILES string of the molecule is O=c1[nH]c2c(-c3cccs3)cnn2c(O)c1-c1ccccc1. The van der Waals surface area contributed by atoms with E-state index in [1.807, 2.05) is 35.7 Å². The number of hydrogen-bond donors (Lipinski definition) is 2. The third kappa shape index (κ3) is 1.85. The van der Waals surface area contributed by atoms with Gasteiger partial charge in [0.05, 0.1) is 11.8 Å². The van der Waals surface area contributed by atoms with Crippen LogP contribution in [0.2, 0.25) is 0 Å². The van der Waals surface area contributed by atoms with Crippen LogP contribution in [-0.4, -0.2) is 19.7 Å². The van der Waals surface area contributed by atoms with Crippen LogP contribution in [0.1, 0.15) is 0 Å². The Hall–Kier alpha value is -2.86. The monoisotopic (exact) mass is 309 g/mol. The molecule has 3 heterocycles. The van der Waals surface area contributed by atoms with Gasteiger partial charge in [-0.15, -0.1) is 11.3 Å². The molecule has 0 aliphatic heterocycles. The van der Waals surface area contributed by atoms with Crippen molar-refractivity contribution in [1.82, 2.24) is 14.6 Å². The fourth-order valence-electron chi connectivity index (χ4n) is 2.48. The Morgan fingerprint density at radius 1 is 1.14 bits per heavy atom. The number of aromatic hydroxyl groups is 1. The number of hydrogen-bond acceptors (Lipinski definition) is 4. The molecule has 4 rings (SSSR count). The lowest BCUT2D eigenvalue weighted by Gasteiger charge is -2.06. The third-order valence-electron chi connectivity index (χ3n) is 3.50. The number of nitrogens with zero attached hydrogens (tertiary/aromatic N) is 2. The molecule has 0 aliphatic rings. The van der Waals surface area contributed by atoms with Gasteiger partial charge in [-0.1, -0.05) is 36.4 Å². The molecule has 0 saturated heterocycles. The largest absolute Gasteiger partial charge is 0.493 e. The van der Waals surface area contributed by atoms with Crippen LogP contribution in [0.15, 0.2) is 58.8 Å². The van der Waals surface area contributed by atoms with Crippen LogP contribution < -0.4 is 5.56 Å². The fraction of sp³-hybridized carbons (Fsp3) is 0. The molecule has 0 atom stereocenters. The highest BCUT2D eigenvalue weighted by molar-refractivity contribution is 7.13. The van der Waals surface area contributed by atoms with Crippen LogP contribution in [0.5, 0.6) is 5.88 Å². The zero-order valence-corrected chi connectivity index (χ0v) is 12.2. The van der Waals surface area contributed by atoms with Crippen molar-refractivity contribution in [3.63, 3.8) is 0 Å². The van der Waals surface area contributed by atoms with Crippen LogP contribution in [0.3, 0.4) is 0 Å². The Labute approximate surface area is 129 Å². The number of rotatable bonds is 2. The summed E-state index contributed by atoms with van der Waals surface area (Å²) < 4.78 is 1.36. The van der Waals surface area contributed by atoms with E-state index >= 15 is 0 Å².